The smallest absolute Gasteiger partial charge is 0.246 e. The summed E-state index contributed by atoms with van der Waals surface area (Å²) in [7, 11) is 0. The summed E-state index contributed by atoms with van der Waals surface area (Å²) >= 11 is 12.2. The second-order valence-corrected chi connectivity index (χ2v) is 7.46. The van der Waals surface area contributed by atoms with Crippen molar-refractivity contribution < 1.29 is 14.7 Å². The zero-order valence-corrected chi connectivity index (χ0v) is 17.2. The molecule has 0 radical (unpaired) electrons. The van der Waals surface area contributed by atoms with Gasteiger partial charge in [-0.1, -0.05) is 41.9 Å². The van der Waals surface area contributed by atoms with Crippen LogP contribution in [0.4, 0.5) is 5.69 Å². The molecule has 1 aliphatic heterocycles. The highest BCUT2D eigenvalue weighted by Crippen LogP contribution is 2.36. The molecule has 0 unspecified atom stereocenters. The molecule has 1 heterocycles. The Balaban J connectivity index is 1.65. The Bertz CT molecular complexity index is 924. The van der Waals surface area contributed by atoms with Gasteiger partial charge in [0.15, 0.2) is 0 Å². The van der Waals surface area contributed by atoms with Crippen molar-refractivity contribution in [1.82, 2.24) is 9.80 Å². The van der Waals surface area contributed by atoms with Crippen LogP contribution >= 0.6 is 23.2 Å². The topological polar surface area (TPSA) is 72.9 Å². The first-order valence-electron chi connectivity index (χ1n) is 9.10. The molecule has 2 aromatic carbocycles. The molecular weight excluding hydrogens is 413 g/mol. The number of nitrogens with one attached hydrogen (secondary N) is 1. The highest BCUT2D eigenvalue weighted by molar-refractivity contribution is 6.34. The SMILES string of the molecule is C=CC(=O)N1CCN(C(=O)CNc2cc(-c3ccc(Cl)cc3)c(Cl)cc2O)CC1. The molecule has 152 valence electrons. The lowest BCUT2D eigenvalue weighted by Crippen LogP contribution is -2.51. The summed E-state index contributed by atoms with van der Waals surface area (Å²) in [5, 5.41) is 14.2. The average Bonchev–Trinajstić information content (AvgIpc) is 2.73. The first kappa shape index (κ1) is 21.0. The second-order valence-electron chi connectivity index (χ2n) is 6.62. The predicted octanol–water partition coefficient (Wildman–Crippen LogP) is 3.63. The number of phenols is 1. The number of aromatic hydroxyl groups is 1. The largest absolute Gasteiger partial charge is 0.506 e. The number of carbonyl (C=O) groups is 2. The van der Waals surface area contributed by atoms with Crippen LogP contribution in [-0.2, 0) is 9.59 Å². The Labute approximate surface area is 179 Å². The first-order valence-corrected chi connectivity index (χ1v) is 9.86. The number of piperazine rings is 1. The van der Waals surface area contributed by atoms with Crippen LogP contribution < -0.4 is 5.32 Å². The summed E-state index contributed by atoms with van der Waals surface area (Å²) in [4.78, 5) is 27.5. The number of nitrogens with zero attached hydrogens (tertiary/aromatic N) is 2. The van der Waals surface area contributed by atoms with Crippen LogP contribution in [0.1, 0.15) is 0 Å². The average molecular weight is 434 g/mol. The lowest BCUT2D eigenvalue weighted by molar-refractivity contribution is -0.135. The molecule has 0 atom stereocenters. The standard InChI is InChI=1S/C21H21Cl2N3O3/c1-2-20(28)25-7-9-26(10-8-25)21(29)13-24-18-11-16(17(23)12-19(18)27)14-3-5-15(22)6-4-14/h2-6,11-12,24,27H,1,7-10,13H2. The van der Waals surface area contributed by atoms with E-state index in [4.69, 9.17) is 23.2 Å². The van der Waals surface area contributed by atoms with Crippen molar-refractivity contribution in [3.63, 3.8) is 0 Å². The van der Waals surface area contributed by atoms with Crippen LogP contribution in [0.5, 0.6) is 5.75 Å². The molecule has 29 heavy (non-hydrogen) atoms. The molecule has 0 saturated carbocycles. The van der Waals surface area contributed by atoms with Gasteiger partial charge in [-0.15, -0.1) is 0 Å². The molecule has 2 aromatic rings. The Hall–Kier alpha value is -2.70. The molecule has 6 nitrogen and oxygen atoms in total. The van der Waals surface area contributed by atoms with E-state index in [1.807, 2.05) is 12.1 Å². The van der Waals surface area contributed by atoms with E-state index in [0.717, 1.165) is 5.56 Å². The van der Waals surface area contributed by atoms with E-state index in [-0.39, 0.29) is 24.1 Å². The van der Waals surface area contributed by atoms with Crippen molar-refractivity contribution >= 4 is 40.7 Å². The highest BCUT2D eigenvalue weighted by atomic mass is 35.5. The zero-order chi connectivity index (χ0) is 21.0. The molecule has 0 bridgehead atoms. The Kier molecular flexibility index (Phi) is 6.67. The summed E-state index contributed by atoms with van der Waals surface area (Å²) in [6.07, 6.45) is 1.28. The minimum atomic E-state index is -0.129. The molecule has 8 heteroatoms. The highest BCUT2D eigenvalue weighted by Gasteiger charge is 2.23. The van der Waals surface area contributed by atoms with E-state index in [0.29, 0.717) is 47.5 Å². The van der Waals surface area contributed by atoms with Crippen LogP contribution in [0.25, 0.3) is 11.1 Å². The van der Waals surface area contributed by atoms with E-state index in [1.165, 1.54) is 12.1 Å². The summed E-state index contributed by atoms with van der Waals surface area (Å²) in [6, 6.07) is 10.3. The molecule has 0 aromatic heterocycles. The number of phenolic OH excluding ortho intramolecular Hbond substituents is 1. The summed E-state index contributed by atoms with van der Waals surface area (Å²) in [6.45, 7) is 5.37. The first-order chi connectivity index (χ1) is 13.9. The van der Waals surface area contributed by atoms with Crippen LogP contribution in [0.2, 0.25) is 10.0 Å². The minimum absolute atomic E-state index is 0.0185. The molecule has 2 N–H and O–H groups in total. The summed E-state index contributed by atoms with van der Waals surface area (Å²) < 4.78 is 0. The van der Waals surface area contributed by atoms with Gasteiger partial charge in [0.1, 0.15) is 5.75 Å². The van der Waals surface area contributed by atoms with Crippen molar-refractivity contribution in [3.05, 3.63) is 59.1 Å². The van der Waals surface area contributed by atoms with Gasteiger partial charge < -0.3 is 20.2 Å². The van der Waals surface area contributed by atoms with E-state index in [9.17, 15) is 14.7 Å². The number of rotatable bonds is 5. The molecular formula is C21H21Cl2N3O3. The van der Waals surface area contributed by atoms with E-state index < -0.39 is 0 Å². The number of amides is 2. The van der Waals surface area contributed by atoms with Gasteiger partial charge in [0.25, 0.3) is 0 Å². The Morgan fingerprint density at radius 1 is 1.07 bits per heavy atom. The number of carbonyl (C=O) groups excluding carboxylic acids is 2. The van der Waals surface area contributed by atoms with Gasteiger partial charge in [-0.05, 0) is 29.8 Å². The fourth-order valence-electron chi connectivity index (χ4n) is 3.14. The van der Waals surface area contributed by atoms with E-state index >= 15 is 0 Å². The minimum Gasteiger partial charge on any atom is -0.506 e. The number of halogens is 2. The summed E-state index contributed by atoms with van der Waals surface area (Å²) in [5.41, 5.74) is 1.97. The van der Waals surface area contributed by atoms with Crippen molar-refractivity contribution in [2.75, 3.05) is 38.0 Å². The number of benzene rings is 2. The van der Waals surface area contributed by atoms with Gasteiger partial charge in [0.2, 0.25) is 11.8 Å². The van der Waals surface area contributed by atoms with Crippen LogP contribution in [0, 0.1) is 0 Å². The number of anilines is 1. The van der Waals surface area contributed by atoms with Crippen molar-refractivity contribution in [2.24, 2.45) is 0 Å². The molecule has 2 amide bonds. The molecule has 0 aliphatic carbocycles. The number of hydrogen-bond donors (Lipinski definition) is 2. The fraction of sp³-hybridized carbons (Fsp3) is 0.238. The van der Waals surface area contributed by atoms with Gasteiger partial charge in [0, 0.05) is 42.8 Å². The zero-order valence-electron chi connectivity index (χ0n) is 15.7. The molecule has 3 rings (SSSR count). The molecule has 1 saturated heterocycles. The normalized spacial score (nSPS) is 13.9. The quantitative estimate of drug-likeness (QED) is 0.557. The third-order valence-electron chi connectivity index (χ3n) is 4.79. The molecule has 0 spiro atoms. The maximum Gasteiger partial charge on any atom is 0.246 e. The maximum atomic E-state index is 12.5. The van der Waals surface area contributed by atoms with Gasteiger partial charge in [-0.2, -0.15) is 0 Å². The number of hydrogen-bond acceptors (Lipinski definition) is 4. The van der Waals surface area contributed by atoms with Crippen LogP contribution in [0.15, 0.2) is 49.1 Å². The van der Waals surface area contributed by atoms with Crippen molar-refractivity contribution in [2.45, 2.75) is 0 Å². The van der Waals surface area contributed by atoms with Gasteiger partial charge in [-0.25, -0.2) is 0 Å². The maximum absolute atomic E-state index is 12.5. The van der Waals surface area contributed by atoms with Crippen LogP contribution in [-0.4, -0.2) is 59.4 Å². The lowest BCUT2D eigenvalue weighted by Gasteiger charge is -2.34. The third kappa shape index (κ3) is 5.02. The van der Waals surface area contributed by atoms with E-state index in [2.05, 4.69) is 11.9 Å². The molecule has 1 fully saturated rings. The van der Waals surface area contributed by atoms with Crippen molar-refractivity contribution in [3.8, 4) is 16.9 Å². The van der Waals surface area contributed by atoms with Crippen LogP contribution in [0.3, 0.4) is 0 Å². The summed E-state index contributed by atoms with van der Waals surface area (Å²) in [5.74, 6) is -0.281. The Morgan fingerprint density at radius 2 is 1.69 bits per heavy atom. The fourth-order valence-corrected chi connectivity index (χ4v) is 3.54. The third-order valence-corrected chi connectivity index (χ3v) is 5.35. The Morgan fingerprint density at radius 3 is 2.31 bits per heavy atom. The second kappa shape index (κ2) is 9.20. The monoisotopic (exact) mass is 433 g/mol. The lowest BCUT2D eigenvalue weighted by atomic mass is 10.0. The van der Waals surface area contributed by atoms with E-state index in [1.54, 1.807) is 28.0 Å². The predicted molar refractivity (Wildman–Crippen MR) is 115 cm³/mol. The van der Waals surface area contributed by atoms with Gasteiger partial charge in [0.05, 0.1) is 17.3 Å². The molecule has 1 aliphatic rings. The van der Waals surface area contributed by atoms with Gasteiger partial charge in [-0.3, -0.25) is 9.59 Å². The van der Waals surface area contributed by atoms with Gasteiger partial charge >= 0.3 is 0 Å². The van der Waals surface area contributed by atoms with Crippen molar-refractivity contribution in [1.29, 1.82) is 0 Å².